The molecule has 0 bridgehead atoms. The van der Waals surface area contributed by atoms with Gasteiger partial charge in [-0.1, -0.05) is 29.8 Å². The van der Waals surface area contributed by atoms with Crippen LogP contribution in [0, 0.1) is 6.92 Å². The number of anilines is 1. The Hall–Kier alpha value is -2.43. The monoisotopic (exact) mass is 336 g/mol. The predicted molar refractivity (Wildman–Crippen MR) is 97.5 cm³/mol. The Bertz CT molecular complexity index is 757. The van der Waals surface area contributed by atoms with Gasteiger partial charge >= 0.3 is 0 Å². The van der Waals surface area contributed by atoms with Crippen molar-refractivity contribution in [2.45, 2.75) is 44.1 Å². The molecule has 0 radical (unpaired) electrons. The standard InChI is InChI=1S/C20H24N4O/c1-15-5-2-6-16(13-15)20(8-9-20)18(25)23-17-7-3-12-24(14-17)19-21-10-4-11-22-19/h2,4-6,10-11,13,17H,3,7-9,12,14H2,1H3,(H,23,25)/t17-/m1/s1. The Morgan fingerprint density at radius 3 is 2.76 bits per heavy atom. The molecule has 4 rings (SSSR count). The third kappa shape index (κ3) is 3.23. The summed E-state index contributed by atoms with van der Waals surface area (Å²) in [5.41, 5.74) is 2.06. The lowest BCUT2D eigenvalue weighted by Gasteiger charge is -2.34. The number of rotatable bonds is 4. The lowest BCUT2D eigenvalue weighted by molar-refractivity contribution is -0.124. The van der Waals surface area contributed by atoms with E-state index < -0.39 is 0 Å². The summed E-state index contributed by atoms with van der Waals surface area (Å²) >= 11 is 0. The largest absolute Gasteiger partial charge is 0.351 e. The smallest absolute Gasteiger partial charge is 0.230 e. The first kappa shape index (κ1) is 16.1. The van der Waals surface area contributed by atoms with Crippen molar-refractivity contribution in [3.05, 3.63) is 53.9 Å². The van der Waals surface area contributed by atoms with Crippen LogP contribution in [0.25, 0.3) is 0 Å². The zero-order valence-corrected chi connectivity index (χ0v) is 14.6. The second-order valence-electron chi connectivity index (χ2n) is 7.26. The van der Waals surface area contributed by atoms with E-state index in [1.165, 1.54) is 5.56 Å². The molecule has 1 aromatic carbocycles. The maximum absolute atomic E-state index is 13.0. The summed E-state index contributed by atoms with van der Waals surface area (Å²) in [6.07, 6.45) is 7.48. The van der Waals surface area contributed by atoms with Crippen molar-refractivity contribution in [3.63, 3.8) is 0 Å². The molecule has 1 aromatic heterocycles. The highest BCUT2D eigenvalue weighted by atomic mass is 16.2. The number of aromatic nitrogens is 2. The first-order valence-electron chi connectivity index (χ1n) is 9.07. The molecule has 0 spiro atoms. The van der Waals surface area contributed by atoms with Crippen LogP contribution in [0.2, 0.25) is 0 Å². The number of aryl methyl sites for hydroxylation is 1. The van der Waals surface area contributed by atoms with Crippen LogP contribution in [0.15, 0.2) is 42.7 Å². The number of hydrogen-bond acceptors (Lipinski definition) is 4. The Balaban J connectivity index is 1.44. The predicted octanol–water partition coefficient (Wildman–Crippen LogP) is 2.60. The molecular weight excluding hydrogens is 312 g/mol. The summed E-state index contributed by atoms with van der Waals surface area (Å²) in [6.45, 7) is 3.80. The van der Waals surface area contributed by atoms with Crippen LogP contribution in [0.3, 0.4) is 0 Å². The average Bonchev–Trinajstić information content (AvgIpc) is 3.45. The van der Waals surface area contributed by atoms with Gasteiger partial charge < -0.3 is 10.2 Å². The topological polar surface area (TPSA) is 58.1 Å². The van der Waals surface area contributed by atoms with E-state index in [0.717, 1.165) is 50.3 Å². The number of carbonyl (C=O) groups is 1. The van der Waals surface area contributed by atoms with Crippen LogP contribution in [-0.4, -0.2) is 35.0 Å². The first-order chi connectivity index (χ1) is 12.2. The van der Waals surface area contributed by atoms with Gasteiger partial charge in [-0.15, -0.1) is 0 Å². The van der Waals surface area contributed by atoms with E-state index in [0.29, 0.717) is 0 Å². The van der Waals surface area contributed by atoms with E-state index in [1.807, 2.05) is 12.1 Å². The van der Waals surface area contributed by atoms with Crippen molar-refractivity contribution in [1.29, 1.82) is 0 Å². The van der Waals surface area contributed by atoms with Crippen molar-refractivity contribution >= 4 is 11.9 Å². The van der Waals surface area contributed by atoms with Crippen LogP contribution >= 0.6 is 0 Å². The SMILES string of the molecule is Cc1cccc(C2(C(=O)N[C@@H]3CCCN(c4ncccn4)C3)CC2)c1. The van der Waals surface area contributed by atoms with Crippen LogP contribution in [0.1, 0.15) is 36.8 Å². The van der Waals surface area contributed by atoms with Gasteiger partial charge in [-0.3, -0.25) is 4.79 Å². The van der Waals surface area contributed by atoms with E-state index in [1.54, 1.807) is 12.4 Å². The van der Waals surface area contributed by atoms with Crippen molar-refractivity contribution < 1.29 is 4.79 Å². The van der Waals surface area contributed by atoms with Gasteiger partial charge in [0, 0.05) is 31.5 Å². The number of carbonyl (C=O) groups excluding carboxylic acids is 1. The summed E-state index contributed by atoms with van der Waals surface area (Å²) in [7, 11) is 0. The summed E-state index contributed by atoms with van der Waals surface area (Å²) in [5, 5.41) is 3.30. The maximum Gasteiger partial charge on any atom is 0.230 e. The van der Waals surface area contributed by atoms with Gasteiger partial charge in [0.25, 0.3) is 0 Å². The van der Waals surface area contributed by atoms with E-state index >= 15 is 0 Å². The molecule has 1 aliphatic heterocycles. The van der Waals surface area contributed by atoms with Crippen molar-refractivity contribution in [2.75, 3.05) is 18.0 Å². The molecule has 2 aromatic rings. The highest BCUT2D eigenvalue weighted by Crippen LogP contribution is 2.48. The third-order valence-corrected chi connectivity index (χ3v) is 5.35. The van der Waals surface area contributed by atoms with Crippen LogP contribution in [0.5, 0.6) is 0 Å². The molecule has 2 fully saturated rings. The Morgan fingerprint density at radius 1 is 1.24 bits per heavy atom. The lowest BCUT2D eigenvalue weighted by atomic mass is 9.93. The highest BCUT2D eigenvalue weighted by Gasteiger charge is 2.51. The molecule has 2 heterocycles. The summed E-state index contributed by atoms with van der Waals surface area (Å²) in [5.74, 6) is 0.931. The van der Waals surface area contributed by atoms with Crippen LogP contribution in [-0.2, 0) is 10.2 Å². The van der Waals surface area contributed by atoms with E-state index in [2.05, 4.69) is 45.3 Å². The first-order valence-corrected chi connectivity index (χ1v) is 9.07. The van der Waals surface area contributed by atoms with Crippen LogP contribution in [0.4, 0.5) is 5.95 Å². The third-order valence-electron chi connectivity index (χ3n) is 5.35. The van der Waals surface area contributed by atoms with Gasteiger partial charge in [0.15, 0.2) is 0 Å². The number of amides is 1. The molecule has 1 N–H and O–H groups in total. The molecule has 1 amide bonds. The molecule has 1 saturated carbocycles. The molecule has 1 aliphatic carbocycles. The fourth-order valence-corrected chi connectivity index (χ4v) is 3.77. The number of nitrogens with zero attached hydrogens (tertiary/aromatic N) is 3. The van der Waals surface area contributed by atoms with Crippen molar-refractivity contribution in [3.8, 4) is 0 Å². The number of piperidine rings is 1. The zero-order chi connectivity index (χ0) is 17.3. The van der Waals surface area contributed by atoms with E-state index in [9.17, 15) is 4.79 Å². The van der Waals surface area contributed by atoms with Gasteiger partial charge in [0.05, 0.1) is 5.41 Å². The number of benzene rings is 1. The highest BCUT2D eigenvalue weighted by molar-refractivity contribution is 5.91. The van der Waals surface area contributed by atoms with Crippen molar-refractivity contribution in [2.24, 2.45) is 0 Å². The van der Waals surface area contributed by atoms with Gasteiger partial charge in [-0.05, 0) is 44.2 Å². The quantitative estimate of drug-likeness (QED) is 0.932. The summed E-state index contributed by atoms with van der Waals surface area (Å²) < 4.78 is 0. The molecule has 0 unspecified atom stereocenters. The molecule has 25 heavy (non-hydrogen) atoms. The van der Waals surface area contributed by atoms with Crippen LogP contribution < -0.4 is 10.2 Å². The number of nitrogens with one attached hydrogen (secondary N) is 1. The molecule has 5 nitrogen and oxygen atoms in total. The minimum atomic E-state index is -0.308. The number of hydrogen-bond donors (Lipinski definition) is 1. The summed E-state index contributed by atoms with van der Waals surface area (Å²) in [4.78, 5) is 23.8. The van der Waals surface area contributed by atoms with E-state index in [-0.39, 0.29) is 17.4 Å². The van der Waals surface area contributed by atoms with Crippen molar-refractivity contribution in [1.82, 2.24) is 15.3 Å². The Kier molecular flexibility index (Phi) is 4.15. The Labute approximate surface area is 148 Å². The fourth-order valence-electron chi connectivity index (χ4n) is 3.77. The second-order valence-corrected chi connectivity index (χ2v) is 7.26. The van der Waals surface area contributed by atoms with E-state index in [4.69, 9.17) is 0 Å². The van der Waals surface area contributed by atoms with Gasteiger partial charge in [0.1, 0.15) is 0 Å². The van der Waals surface area contributed by atoms with Gasteiger partial charge in [-0.25, -0.2) is 9.97 Å². The normalized spacial score (nSPS) is 21.6. The molecule has 5 heteroatoms. The molecule has 1 atom stereocenters. The molecule has 2 aliphatic rings. The molecular formula is C20H24N4O. The second kappa shape index (κ2) is 6.47. The average molecular weight is 336 g/mol. The lowest BCUT2D eigenvalue weighted by Crippen LogP contribution is -2.50. The van der Waals surface area contributed by atoms with Gasteiger partial charge in [-0.2, -0.15) is 0 Å². The molecule has 1 saturated heterocycles. The maximum atomic E-state index is 13.0. The summed E-state index contributed by atoms with van der Waals surface area (Å²) in [6, 6.07) is 10.4. The minimum Gasteiger partial charge on any atom is -0.351 e. The fraction of sp³-hybridized carbons (Fsp3) is 0.450. The molecule has 130 valence electrons. The Morgan fingerprint density at radius 2 is 2.04 bits per heavy atom. The zero-order valence-electron chi connectivity index (χ0n) is 14.6. The minimum absolute atomic E-state index is 0.160. The van der Waals surface area contributed by atoms with Gasteiger partial charge in [0.2, 0.25) is 11.9 Å².